The highest BCUT2D eigenvalue weighted by atomic mass is 16.4. The van der Waals surface area contributed by atoms with E-state index in [0.29, 0.717) is 13.0 Å². The molecular formula is C17H25N5O3. The first kappa shape index (κ1) is 17.6. The van der Waals surface area contributed by atoms with E-state index < -0.39 is 5.97 Å². The van der Waals surface area contributed by atoms with Crippen LogP contribution in [0.5, 0.6) is 0 Å². The lowest BCUT2D eigenvalue weighted by molar-refractivity contribution is -0.144. The van der Waals surface area contributed by atoms with Gasteiger partial charge in [0.2, 0.25) is 5.91 Å². The molecule has 1 spiro atoms. The topological polar surface area (TPSA) is 89.9 Å². The van der Waals surface area contributed by atoms with E-state index in [1.807, 2.05) is 19.1 Å². The monoisotopic (exact) mass is 347 g/mol. The van der Waals surface area contributed by atoms with Gasteiger partial charge in [-0.1, -0.05) is 0 Å². The summed E-state index contributed by atoms with van der Waals surface area (Å²) < 4.78 is 0. The SMILES string of the molecule is Cc1ccc(N2CCN(C)C3(CCC(=O)N(CC(=O)O)CC3)C2)nn1. The predicted octanol–water partition coefficient (Wildman–Crippen LogP) is 0.373. The normalized spacial score (nSPS) is 25.3. The Labute approximate surface area is 147 Å². The van der Waals surface area contributed by atoms with Gasteiger partial charge in [-0.25, -0.2) is 0 Å². The van der Waals surface area contributed by atoms with Crippen LogP contribution in [0.4, 0.5) is 5.82 Å². The molecule has 0 radical (unpaired) electrons. The highest BCUT2D eigenvalue weighted by molar-refractivity contribution is 5.81. The lowest BCUT2D eigenvalue weighted by Gasteiger charge is -2.49. The average molecular weight is 347 g/mol. The molecule has 0 aromatic carbocycles. The van der Waals surface area contributed by atoms with Crippen LogP contribution in [0.2, 0.25) is 0 Å². The van der Waals surface area contributed by atoms with Gasteiger partial charge in [0.1, 0.15) is 6.54 Å². The van der Waals surface area contributed by atoms with Crippen molar-refractivity contribution in [3.63, 3.8) is 0 Å². The molecular weight excluding hydrogens is 322 g/mol. The molecule has 1 unspecified atom stereocenters. The number of piperazine rings is 1. The van der Waals surface area contributed by atoms with Crippen molar-refractivity contribution in [2.45, 2.75) is 31.7 Å². The minimum absolute atomic E-state index is 0.0695. The summed E-state index contributed by atoms with van der Waals surface area (Å²) in [6.07, 6.45) is 1.87. The van der Waals surface area contributed by atoms with E-state index in [1.54, 1.807) is 0 Å². The number of carbonyl (C=O) groups is 2. The summed E-state index contributed by atoms with van der Waals surface area (Å²) in [7, 11) is 2.09. The second kappa shape index (κ2) is 6.95. The van der Waals surface area contributed by atoms with Gasteiger partial charge in [-0.2, -0.15) is 5.10 Å². The van der Waals surface area contributed by atoms with Gasteiger partial charge in [0.05, 0.1) is 5.69 Å². The first-order valence-electron chi connectivity index (χ1n) is 8.66. The summed E-state index contributed by atoms with van der Waals surface area (Å²) in [5, 5.41) is 17.5. The third-order valence-corrected chi connectivity index (χ3v) is 5.44. The van der Waals surface area contributed by atoms with E-state index in [1.165, 1.54) is 4.90 Å². The molecule has 0 saturated carbocycles. The molecule has 8 nitrogen and oxygen atoms in total. The Balaban J connectivity index is 1.77. The fourth-order valence-corrected chi connectivity index (χ4v) is 3.78. The van der Waals surface area contributed by atoms with Crippen LogP contribution in [0.25, 0.3) is 0 Å². The summed E-state index contributed by atoms with van der Waals surface area (Å²) in [4.78, 5) is 29.3. The molecule has 2 fully saturated rings. The minimum Gasteiger partial charge on any atom is -0.480 e. The summed E-state index contributed by atoms with van der Waals surface area (Å²) in [6.45, 7) is 4.69. The number of likely N-dealkylation sites (N-methyl/N-ethyl adjacent to an activating group) is 1. The maximum Gasteiger partial charge on any atom is 0.323 e. The smallest absolute Gasteiger partial charge is 0.323 e. The number of aliphatic carboxylic acids is 1. The maximum absolute atomic E-state index is 12.3. The van der Waals surface area contributed by atoms with Crippen LogP contribution >= 0.6 is 0 Å². The van der Waals surface area contributed by atoms with E-state index >= 15 is 0 Å². The molecule has 1 atom stereocenters. The van der Waals surface area contributed by atoms with Gasteiger partial charge in [-0.15, -0.1) is 5.10 Å². The Morgan fingerprint density at radius 3 is 2.72 bits per heavy atom. The van der Waals surface area contributed by atoms with Crippen LogP contribution in [0.15, 0.2) is 12.1 Å². The third-order valence-electron chi connectivity index (χ3n) is 5.44. The number of aryl methyl sites for hydroxylation is 1. The lowest BCUT2D eigenvalue weighted by Crippen LogP contribution is -2.61. The van der Waals surface area contributed by atoms with Gasteiger partial charge < -0.3 is 14.9 Å². The molecule has 0 aliphatic carbocycles. The fraction of sp³-hybridized carbons (Fsp3) is 0.647. The molecule has 2 aliphatic heterocycles. The van der Waals surface area contributed by atoms with Crippen molar-refractivity contribution in [3.05, 3.63) is 17.8 Å². The summed E-state index contributed by atoms with van der Waals surface area (Å²) in [6, 6.07) is 3.94. The molecule has 3 heterocycles. The fourth-order valence-electron chi connectivity index (χ4n) is 3.78. The number of anilines is 1. The van der Waals surface area contributed by atoms with Gasteiger partial charge in [0.15, 0.2) is 5.82 Å². The molecule has 1 N–H and O–H groups in total. The molecule has 3 rings (SSSR count). The predicted molar refractivity (Wildman–Crippen MR) is 92.4 cm³/mol. The number of carboxylic acid groups (broad SMARTS) is 1. The van der Waals surface area contributed by atoms with Gasteiger partial charge >= 0.3 is 5.97 Å². The van der Waals surface area contributed by atoms with Crippen LogP contribution < -0.4 is 4.90 Å². The summed E-state index contributed by atoms with van der Waals surface area (Å²) in [5.41, 5.74) is 0.741. The number of hydrogen-bond acceptors (Lipinski definition) is 6. The number of rotatable bonds is 3. The van der Waals surface area contributed by atoms with Crippen molar-refractivity contribution >= 4 is 17.7 Å². The molecule has 0 bridgehead atoms. The second-order valence-electron chi connectivity index (χ2n) is 7.06. The molecule has 25 heavy (non-hydrogen) atoms. The molecule has 8 heteroatoms. The van der Waals surface area contributed by atoms with Crippen LogP contribution in [0.1, 0.15) is 25.0 Å². The number of hydrogen-bond donors (Lipinski definition) is 1. The quantitative estimate of drug-likeness (QED) is 0.845. The van der Waals surface area contributed by atoms with E-state index in [4.69, 9.17) is 5.11 Å². The first-order chi connectivity index (χ1) is 11.9. The Hall–Kier alpha value is -2.22. The first-order valence-corrected chi connectivity index (χ1v) is 8.66. The maximum atomic E-state index is 12.3. The van der Waals surface area contributed by atoms with Crippen LogP contribution in [-0.2, 0) is 9.59 Å². The van der Waals surface area contributed by atoms with Crippen molar-refractivity contribution in [1.82, 2.24) is 20.0 Å². The van der Waals surface area contributed by atoms with Gasteiger partial charge in [0.25, 0.3) is 0 Å². The molecule has 1 aromatic rings. The van der Waals surface area contributed by atoms with Crippen molar-refractivity contribution in [2.24, 2.45) is 0 Å². The van der Waals surface area contributed by atoms with Crippen LogP contribution in [0.3, 0.4) is 0 Å². The van der Waals surface area contributed by atoms with E-state index in [9.17, 15) is 9.59 Å². The third kappa shape index (κ3) is 3.73. The van der Waals surface area contributed by atoms with Crippen molar-refractivity contribution in [2.75, 3.05) is 44.7 Å². The standard InChI is InChI=1S/C17H25N5O3/c1-13-3-4-14(19-18-13)22-10-9-20(2)17(12-22)6-5-15(23)21(8-7-17)11-16(24)25/h3-4H,5-12H2,1-2H3,(H,24,25). The highest BCUT2D eigenvalue weighted by Crippen LogP contribution is 2.33. The van der Waals surface area contributed by atoms with E-state index in [-0.39, 0.29) is 18.0 Å². The summed E-state index contributed by atoms with van der Waals surface area (Å²) >= 11 is 0. The molecule has 136 valence electrons. The zero-order chi connectivity index (χ0) is 18.0. The second-order valence-corrected chi connectivity index (χ2v) is 7.06. The number of carboxylic acids is 1. The van der Waals surface area contributed by atoms with Crippen molar-refractivity contribution in [1.29, 1.82) is 0 Å². The van der Waals surface area contributed by atoms with E-state index in [2.05, 4.69) is 27.0 Å². The highest BCUT2D eigenvalue weighted by Gasteiger charge is 2.42. The van der Waals surface area contributed by atoms with Crippen molar-refractivity contribution < 1.29 is 14.7 Å². The molecule has 2 saturated heterocycles. The lowest BCUT2D eigenvalue weighted by atomic mass is 9.86. The number of aromatic nitrogens is 2. The zero-order valence-corrected chi connectivity index (χ0v) is 14.8. The Bertz CT molecular complexity index is 650. The Morgan fingerprint density at radius 1 is 1.24 bits per heavy atom. The minimum atomic E-state index is -0.960. The number of amides is 1. The van der Waals surface area contributed by atoms with Gasteiger partial charge in [-0.05, 0) is 38.9 Å². The average Bonchev–Trinajstić information content (AvgIpc) is 2.72. The largest absolute Gasteiger partial charge is 0.480 e. The van der Waals surface area contributed by atoms with Crippen molar-refractivity contribution in [3.8, 4) is 0 Å². The number of carbonyl (C=O) groups excluding carboxylic acids is 1. The molecule has 1 amide bonds. The zero-order valence-electron chi connectivity index (χ0n) is 14.8. The van der Waals surface area contributed by atoms with Gasteiger partial charge in [0, 0.05) is 38.1 Å². The van der Waals surface area contributed by atoms with E-state index in [0.717, 1.165) is 44.0 Å². The Kier molecular flexibility index (Phi) is 4.89. The number of likely N-dealkylation sites (tertiary alicyclic amines) is 1. The van der Waals surface area contributed by atoms with Gasteiger partial charge in [-0.3, -0.25) is 14.5 Å². The van der Waals surface area contributed by atoms with Crippen LogP contribution in [-0.4, -0.2) is 82.3 Å². The van der Waals surface area contributed by atoms with Crippen LogP contribution in [0, 0.1) is 6.92 Å². The Morgan fingerprint density at radius 2 is 2.04 bits per heavy atom. The summed E-state index contributed by atoms with van der Waals surface area (Å²) in [5.74, 6) is -0.172. The molecule has 2 aliphatic rings. The number of nitrogens with zero attached hydrogens (tertiary/aromatic N) is 5. The molecule has 1 aromatic heterocycles.